The van der Waals surface area contributed by atoms with Crippen molar-refractivity contribution in [1.82, 2.24) is 9.97 Å². The normalized spacial score (nSPS) is 12.9. The summed E-state index contributed by atoms with van der Waals surface area (Å²) in [4.78, 5) is 27.4. The molecule has 0 aliphatic carbocycles. The molecule has 0 radical (unpaired) electrons. The van der Waals surface area contributed by atoms with Crippen LogP contribution in [0.15, 0.2) is 27.8 Å². The molecule has 2 aromatic rings. The van der Waals surface area contributed by atoms with Gasteiger partial charge in [0.1, 0.15) is 0 Å². The molecular weight excluding hydrogens is 216 g/mol. The number of alkyl halides is 1. The Labute approximate surface area is 89.9 Å². The van der Waals surface area contributed by atoms with Gasteiger partial charge in [0.25, 0.3) is 5.56 Å². The first-order valence-corrected chi connectivity index (χ1v) is 4.92. The molecule has 1 unspecified atom stereocenters. The molecule has 15 heavy (non-hydrogen) atoms. The number of nitrogens with one attached hydrogen (secondary N) is 2. The van der Waals surface area contributed by atoms with Crippen molar-refractivity contribution in [3.05, 3.63) is 44.6 Å². The maximum atomic E-state index is 11.6. The summed E-state index contributed by atoms with van der Waals surface area (Å²) in [6, 6.07) is 5.20. The Morgan fingerprint density at radius 2 is 2.00 bits per heavy atom. The van der Waals surface area contributed by atoms with Gasteiger partial charge in [-0.05, 0) is 18.6 Å². The van der Waals surface area contributed by atoms with E-state index in [2.05, 4.69) is 9.97 Å². The van der Waals surface area contributed by atoms with Crippen LogP contribution in [-0.2, 0) is 0 Å². The molecule has 78 valence electrons. The van der Waals surface area contributed by atoms with Gasteiger partial charge in [0.2, 0.25) is 0 Å². The summed E-state index contributed by atoms with van der Waals surface area (Å²) in [6.07, 6.45) is 0. The third kappa shape index (κ3) is 1.68. The second-order valence-corrected chi connectivity index (χ2v) is 3.95. The quantitative estimate of drug-likeness (QED) is 0.722. The topological polar surface area (TPSA) is 65.7 Å². The fraction of sp³-hybridized carbons (Fsp3) is 0.200. The van der Waals surface area contributed by atoms with E-state index in [0.717, 1.165) is 0 Å². The maximum Gasteiger partial charge on any atom is 0.326 e. The molecule has 1 atom stereocenters. The van der Waals surface area contributed by atoms with E-state index in [0.29, 0.717) is 16.5 Å². The van der Waals surface area contributed by atoms with Crippen molar-refractivity contribution in [2.24, 2.45) is 0 Å². The Balaban J connectivity index is 2.98. The predicted octanol–water partition coefficient (Wildman–Crippen LogP) is 1.52. The number of halogens is 1. The van der Waals surface area contributed by atoms with Gasteiger partial charge in [0, 0.05) is 0 Å². The summed E-state index contributed by atoms with van der Waals surface area (Å²) in [5.41, 5.74) is 0.309. The molecule has 1 aromatic heterocycles. The molecule has 1 aromatic carbocycles. The first-order valence-electron chi connectivity index (χ1n) is 4.49. The molecule has 0 saturated carbocycles. The standard InChI is InChI=1S/C10H9ClN2O2/c1-5(11)6-3-2-4-7-8(6)9(14)13-10(15)12-7/h2-5H,1H3,(H2,12,13,14,15). The summed E-state index contributed by atoms with van der Waals surface area (Å²) >= 11 is 5.95. The highest BCUT2D eigenvalue weighted by Gasteiger charge is 2.10. The van der Waals surface area contributed by atoms with E-state index in [4.69, 9.17) is 11.6 Å². The van der Waals surface area contributed by atoms with E-state index < -0.39 is 11.2 Å². The van der Waals surface area contributed by atoms with Gasteiger partial charge in [-0.3, -0.25) is 9.78 Å². The molecule has 0 aliphatic heterocycles. The summed E-state index contributed by atoms with van der Waals surface area (Å²) in [6.45, 7) is 1.78. The first kappa shape index (κ1) is 9.98. The van der Waals surface area contributed by atoms with Gasteiger partial charge in [-0.15, -0.1) is 11.6 Å². The van der Waals surface area contributed by atoms with Gasteiger partial charge >= 0.3 is 5.69 Å². The van der Waals surface area contributed by atoms with Crippen LogP contribution in [-0.4, -0.2) is 9.97 Å². The average Bonchev–Trinajstić information content (AvgIpc) is 2.16. The molecule has 0 fully saturated rings. The zero-order valence-electron chi connectivity index (χ0n) is 8.00. The highest BCUT2D eigenvalue weighted by molar-refractivity contribution is 6.21. The molecule has 1 heterocycles. The summed E-state index contributed by atoms with van der Waals surface area (Å²) in [5.74, 6) is 0. The number of hydrogen-bond donors (Lipinski definition) is 2. The number of benzene rings is 1. The number of aromatic nitrogens is 2. The number of hydrogen-bond acceptors (Lipinski definition) is 2. The third-order valence-corrected chi connectivity index (χ3v) is 2.46. The Morgan fingerprint density at radius 3 is 2.67 bits per heavy atom. The maximum absolute atomic E-state index is 11.6. The average molecular weight is 225 g/mol. The van der Waals surface area contributed by atoms with E-state index >= 15 is 0 Å². The lowest BCUT2D eigenvalue weighted by atomic mass is 10.1. The minimum atomic E-state index is -0.508. The number of fused-ring (bicyclic) bond motifs is 1. The monoisotopic (exact) mass is 224 g/mol. The molecule has 2 N–H and O–H groups in total. The van der Waals surface area contributed by atoms with Gasteiger partial charge in [0.15, 0.2) is 0 Å². The van der Waals surface area contributed by atoms with E-state index in [1.807, 2.05) is 0 Å². The van der Waals surface area contributed by atoms with Gasteiger partial charge < -0.3 is 4.98 Å². The zero-order valence-corrected chi connectivity index (χ0v) is 8.76. The molecule has 2 rings (SSSR count). The van der Waals surface area contributed by atoms with E-state index in [9.17, 15) is 9.59 Å². The minimum absolute atomic E-state index is 0.277. The Bertz CT molecular complexity index is 613. The van der Waals surface area contributed by atoms with Crippen LogP contribution in [0, 0.1) is 0 Å². The van der Waals surface area contributed by atoms with Gasteiger partial charge in [-0.2, -0.15) is 0 Å². The van der Waals surface area contributed by atoms with Crippen molar-refractivity contribution in [2.45, 2.75) is 12.3 Å². The van der Waals surface area contributed by atoms with Crippen molar-refractivity contribution in [3.63, 3.8) is 0 Å². The highest BCUT2D eigenvalue weighted by atomic mass is 35.5. The van der Waals surface area contributed by atoms with Crippen LogP contribution in [0.1, 0.15) is 17.9 Å². The summed E-state index contributed by atoms with van der Waals surface area (Å²) in [7, 11) is 0. The van der Waals surface area contributed by atoms with Crippen molar-refractivity contribution in [3.8, 4) is 0 Å². The molecule has 5 heteroatoms. The van der Waals surface area contributed by atoms with Crippen molar-refractivity contribution < 1.29 is 0 Å². The van der Waals surface area contributed by atoms with Gasteiger partial charge in [-0.25, -0.2) is 4.79 Å². The molecular formula is C10H9ClN2O2. The largest absolute Gasteiger partial charge is 0.326 e. The van der Waals surface area contributed by atoms with Crippen molar-refractivity contribution in [1.29, 1.82) is 0 Å². The van der Waals surface area contributed by atoms with Crippen molar-refractivity contribution >= 4 is 22.5 Å². The predicted molar refractivity (Wildman–Crippen MR) is 59.5 cm³/mol. The van der Waals surface area contributed by atoms with Gasteiger partial charge in [0.05, 0.1) is 16.3 Å². The summed E-state index contributed by atoms with van der Waals surface area (Å²) < 4.78 is 0. The Morgan fingerprint density at radius 1 is 1.27 bits per heavy atom. The molecule has 0 spiro atoms. The lowest BCUT2D eigenvalue weighted by Gasteiger charge is -2.06. The second kappa shape index (κ2) is 3.55. The summed E-state index contributed by atoms with van der Waals surface area (Å²) in [5, 5.41) is 0.167. The Hall–Kier alpha value is -1.55. The van der Waals surface area contributed by atoms with Crippen LogP contribution in [0.4, 0.5) is 0 Å². The van der Waals surface area contributed by atoms with E-state index in [-0.39, 0.29) is 5.38 Å². The zero-order chi connectivity index (χ0) is 11.0. The first-order chi connectivity index (χ1) is 7.09. The van der Waals surface area contributed by atoms with Gasteiger partial charge in [-0.1, -0.05) is 12.1 Å². The number of H-pyrrole nitrogens is 2. The van der Waals surface area contributed by atoms with E-state index in [1.54, 1.807) is 25.1 Å². The van der Waals surface area contributed by atoms with Crippen LogP contribution in [0.25, 0.3) is 10.9 Å². The van der Waals surface area contributed by atoms with Crippen LogP contribution >= 0.6 is 11.6 Å². The second-order valence-electron chi connectivity index (χ2n) is 3.29. The SMILES string of the molecule is CC(Cl)c1cccc2[nH]c(=O)[nH]c(=O)c12. The number of aromatic amines is 2. The molecule has 0 aliphatic rings. The minimum Gasteiger partial charge on any atom is -0.307 e. The molecule has 0 saturated heterocycles. The van der Waals surface area contributed by atoms with Crippen LogP contribution in [0.3, 0.4) is 0 Å². The fourth-order valence-corrected chi connectivity index (χ4v) is 1.76. The molecule has 4 nitrogen and oxygen atoms in total. The van der Waals surface area contributed by atoms with E-state index in [1.165, 1.54) is 0 Å². The smallest absolute Gasteiger partial charge is 0.307 e. The van der Waals surface area contributed by atoms with Crippen molar-refractivity contribution in [2.75, 3.05) is 0 Å². The molecule has 0 amide bonds. The molecule has 0 bridgehead atoms. The Kier molecular flexibility index (Phi) is 2.36. The van der Waals surface area contributed by atoms with Crippen LogP contribution in [0.5, 0.6) is 0 Å². The van der Waals surface area contributed by atoms with Crippen LogP contribution < -0.4 is 11.2 Å². The third-order valence-electron chi connectivity index (χ3n) is 2.23. The lowest BCUT2D eigenvalue weighted by Crippen LogP contribution is -2.22. The fourth-order valence-electron chi connectivity index (χ4n) is 1.58. The van der Waals surface area contributed by atoms with Crippen LogP contribution in [0.2, 0.25) is 0 Å². The number of rotatable bonds is 1. The lowest BCUT2D eigenvalue weighted by molar-refractivity contribution is 1.05. The highest BCUT2D eigenvalue weighted by Crippen LogP contribution is 2.23.